The zero-order chi connectivity index (χ0) is 28.1. The summed E-state index contributed by atoms with van der Waals surface area (Å²) in [6, 6.07) is 4.33. The molecule has 0 radical (unpaired) electrons. The fraction of sp³-hybridized carbons (Fsp3) is 0.781. The van der Waals surface area contributed by atoms with Crippen molar-refractivity contribution >= 4 is 5.97 Å². The lowest BCUT2D eigenvalue weighted by Gasteiger charge is -2.60. The van der Waals surface area contributed by atoms with E-state index in [0.29, 0.717) is 19.6 Å². The summed E-state index contributed by atoms with van der Waals surface area (Å²) in [5.74, 6) is -0.661. The van der Waals surface area contributed by atoms with Crippen LogP contribution in [0.1, 0.15) is 96.9 Å². The molecule has 1 heterocycles. The van der Waals surface area contributed by atoms with Gasteiger partial charge in [-0.05, 0) is 65.2 Å². The highest BCUT2D eigenvalue weighted by Gasteiger charge is 2.75. The van der Waals surface area contributed by atoms with E-state index in [1.54, 1.807) is 0 Å². The highest BCUT2D eigenvalue weighted by Crippen LogP contribution is 2.69. The van der Waals surface area contributed by atoms with Gasteiger partial charge in [0.2, 0.25) is 0 Å². The van der Waals surface area contributed by atoms with Gasteiger partial charge in [-0.1, -0.05) is 60.6 Å². The van der Waals surface area contributed by atoms with Gasteiger partial charge in [0.1, 0.15) is 6.10 Å². The van der Waals surface area contributed by atoms with Gasteiger partial charge in [0.25, 0.3) is 0 Å². The molecule has 4 aliphatic rings. The number of ether oxygens (including phenoxy) is 3. The molecule has 212 valence electrons. The first-order chi connectivity index (χ1) is 17.5. The van der Waals surface area contributed by atoms with Gasteiger partial charge in [0.15, 0.2) is 6.29 Å². The third-order valence-electron chi connectivity index (χ3n) is 10.8. The fourth-order valence-electron chi connectivity index (χ4n) is 9.96. The van der Waals surface area contributed by atoms with Crippen LogP contribution in [0.3, 0.4) is 0 Å². The second kappa shape index (κ2) is 8.76. The number of hydrogen-bond acceptors (Lipinski definition) is 6. The van der Waals surface area contributed by atoms with Crippen molar-refractivity contribution in [3.63, 3.8) is 0 Å². The Hall–Kier alpha value is -1.47. The molecule has 2 saturated carbocycles. The van der Waals surface area contributed by atoms with Crippen molar-refractivity contribution in [3.05, 3.63) is 34.4 Å². The van der Waals surface area contributed by atoms with E-state index >= 15 is 0 Å². The average molecular weight is 529 g/mol. The molecule has 1 aliphatic heterocycles. The maximum absolute atomic E-state index is 12.7. The van der Waals surface area contributed by atoms with E-state index in [1.807, 2.05) is 0 Å². The van der Waals surface area contributed by atoms with Gasteiger partial charge in [-0.25, -0.2) is 0 Å². The Balaban J connectivity index is 1.48. The number of aliphatic hydroxyl groups is 2. The molecule has 2 N–H and O–H groups in total. The Bertz CT molecular complexity index is 1130. The van der Waals surface area contributed by atoms with Crippen molar-refractivity contribution in [3.8, 4) is 0 Å². The van der Waals surface area contributed by atoms with Gasteiger partial charge in [0, 0.05) is 29.6 Å². The van der Waals surface area contributed by atoms with Crippen LogP contribution in [0.15, 0.2) is 12.1 Å². The third-order valence-corrected chi connectivity index (χ3v) is 10.8. The number of carbonyl (C=O) groups is 1. The van der Waals surface area contributed by atoms with E-state index in [4.69, 9.17) is 14.2 Å². The van der Waals surface area contributed by atoms with E-state index in [-0.39, 0.29) is 52.7 Å². The van der Waals surface area contributed by atoms with Crippen molar-refractivity contribution < 1.29 is 29.2 Å². The van der Waals surface area contributed by atoms with E-state index in [1.165, 1.54) is 18.1 Å². The SMILES string of the molecule is CC(=O)OC1CC(C)C2C(OCC3(C)CC(C)(C)c4ccc(C)c(CO)c43)OCC3(C)CC(C)(C)C1C23O. The quantitative estimate of drug-likeness (QED) is 0.513. The highest BCUT2D eigenvalue weighted by atomic mass is 16.7. The van der Waals surface area contributed by atoms with Crippen LogP contribution >= 0.6 is 0 Å². The molecular formula is C32H48O6. The molecule has 1 aromatic rings. The van der Waals surface area contributed by atoms with E-state index in [9.17, 15) is 15.0 Å². The maximum Gasteiger partial charge on any atom is 0.302 e. The first-order valence-electron chi connectivity index (χ1n) is 14.4. The zero-order valence-electron chi connectivity index (χ0n) is 24.8. The van der Waals surface area contributed by atoms with Gasteiger partial charge < -0.3 is 24.4 Å². The van der Waals surface area contributed by atoms with Crippen molar-refractivity contribution in [2.45, 2.75) is 117 Å². The van der Waals surface area contributed by atoms with Gasteiger partial charge in [0.05, 0.1) is 25.4 Å². The molecule has 5 rings (SSSR count). The number of aliphatic hydroxyl groups excluding tert-OH is 1. The Morgan fingerprint density at radius 3 is 2.45 bits per heavy atom. The summed E-state index contributed by atoms with van der Waals surface area (Å²) in [5, 5.41) is 23.1. The minimum Gasteiger partial charge on any atom is -0.462 e. The van der Waals surface area contributed by atoms with Gasteiger partial charge >= 0.3 is 5.97 Å². The summed E-state index contributed by atoms with van der Waals surface area (Å²) in [6.45, 7) is 19.8. The Labute approximate surface area is 228 Å². The van der Waals surface area contributed by atoms with Crippen molar-refractivity contribution in [2.75, 3.05) is 13.2 Å². The summed E-state index contributed by atoms with van der Waals surface area (Å²) in [7, 11) is 0. The van der Waals surface area contributed by atoms with Crippen LogP contribution in [0.25, 0.3) is 0 Å². The van der Waals surface area contributed by atoms with Gasteiger partial charge in [-0.3, -0.25) is 4.79 Å². The molecular weight excluding hydrogens is 480 g/mol. The van der Waals surface area contributed by atoms with Crippen LogP contribution < -0.4 is 0 Å². The minimum atomic E-state index is -1.07. The topological polar surface area (TPSA) is 85.2 Å². The number of rotatable bonds is 5. The summed E-state index contributed by atoms with van der Waals surface area (Å²) in [5.41, 5.74) is 2.52. The lowest BCUT2D eigenvalue weighted by Crippen LogP contribution is -2.69. The molecule has 6 heteroatoms. The molecule has 3 aliphatic carbocycles. The summed E-state index contributed by atoms with van der Waals surface area (Å²) in [4.78, 5) is 12.1. The molecule has 0 spiro atoms. The second-order valence-electron chi connectivity index (χ2n) is 15.0. The largest absolute Gasteiger partial charge is 0.462 e. The summed E-state index contributed by atoms with van der Waals surface area (Å²) < 4.78 is 19.1. The predicted molar refractivity (Wildman–Crippen MR) is 146 cm³/mol. The van der Waals surface area contributed by atoms with Crippen molar-refractivity contribution in [1.82, 2.24) is 0 Å². The molecule has 8 unspecified atom stereocenters. The summed E-state index contributed by atoms with van der Waals surface area (Å²) >= 11 is 0. The molecule has 3 fully saturated rings. The monoisotopic (exact) mass is 528 g/mol. The highest BCUT2D eigenvalue weighted by molar-refractivity contribution is 5.66. The third kappa shape index (κ3) is 3.84. The number of aryl methyl sites for hydroxylation is 1. The molecule has 6 nitrogen and oxygen atoms in total. The number of esters is 1. The van der Waals surface area contributed by atoms with E-state index < -0.39 is 17.3 Å². The van der Waals surface area contributed by atoms with Gasteiger partial charge in [-0.15, -0.1) is 0 Å². The smallest absolute Gasteiger partial charge is 0.302 e. The van der Waals surface area contributed by atoms with Crippen molar-refractivity contribution in [2.24, 2.45) is 28.6 Å². The van der Waals surface area contributed by atoms with Crippen LogP contribution in [0.2, 0.25) is 0 Å². The van der Waals surface area contributed by atoms with Crippen LogP contribution in [-0.2, 0) is 36.4 Å². The minimum absolute atomic E-state index is 0.00662. The number of hydrogen-bond donors (Lipinski definition) is 2. The lowest BCUT2D eigenvalue weighted by molar-refractivity contribution is -0.331. The van der Waals surface area contributed by atoms with Crippen LogP contribution in [0.4, 0.5) is 0 Å². The fourth-order valence-corrected chi connectivity index (χ4v) is 9.96. The zero-order valence-corrected chi connectivity index (χ0v) is 24.8. The van der Waals surface area contributed by atoms with Crippen molar-refractivity contribution in [1.29, 1.82) is 0 Å². The lowest BCUT2D eigenvalue weighted by atomic mass is 9.54. The van der Waals surface area contributed by atoms with Crippen LogP contribution in [0.5, 0.6) is 0 Å². The molecule has 38 heavy (non-hydrogen) atoms. The standard InChI is InChI=1S/C32H48O6/c1-18-10-11-22-25(21(18)13-33)30(8,14-28(22,4)5)16-36-27-24-19(2)12-23(38-20(3)34)26-29(6,7)15-31(9,17-37-27)32(24,26)35/h10-11,19,23-24,26-27,33,35H,12-17H2,1-9H3. The Morgan fingerprint density at radius 2 is 1.82 bits per heavy atom. The number of carbonyl (C=O) groups excluding carboxylic acids is 1. The molecule has 0 amide bonds. The molecule has 1 saturated heterocycles. The first-order valence-corrected chi connectivity index (χ1v) is 14.4. The maximum atomic E-state index is 12.7. The number of fused-ring (bicyclic) bond motifs is 1. The number of benzene rings is 1. The van der Waals surface area contributed by atoms with Crippen LogP contribution in [0, 0.1) is 35.5 Å². The second-order valence-corrected chi connectivity index (χ2v) is 15.0. The molecule has 8 atom stereocenters. The Kier molecular flexibility index (Phi) is 6.47. The van der Waals surface area contributed by atoms with Gasteiger partial charge in [-0.2, -0.15) is 0 Å². The molecule has 0 bridgehead atoms. The molecule has 0 aromatic heterocycles. The van der Waals surface area contributed by atoms with Crippen LogP contribution in [-0.4, -0.2) is 47.4 Å². The van der Waals surface area contributed by atoms with E-state index in [0.717, 1.165) is 24.0 Å². The predicted octanol–water partition coefficient (Wildman–Crippen LogP) is 5.17. The first kappa shape index (κ1) is 28.1. The average Bonchev–Trinajstić information content (AvgIpc) is 3.09. The molecule has 1 aromatic carbocycles. The van der Waals surface area contributed by atoms with E-state index in [2.05, 4.69) is 67.5 Å². The Morgan fingerprint density at radius 1 is 1.13 bits per heavy atom. The summed E-state index contributed by atoms with van der Waals surface area (Å²) in [6.07, 6.45) is 1.51. The normalized spacial score (nSPS) is 42.4.